The van der Waals surface area contributed by atoms with Crippen molar-refractivity contribution in [1.82, 2.24) is 4.98 Å². The molecule has 0 N–H and O–H groups in total. The van der Waals surface area contributed by atoms with E-state index in [0.29, 0.717) is 6.07 Å². The Morgan fingerprint density at radius 1 is 1.47 bits per heavy atom. The van der Waals surface area contributed by atoms with E-state index in [0.717, 1.165) is 6.07 Å². The monoisotopic (exact) mass is 236 g/mol. The normalized spacial score (nSPS) is 10.9. The molecule has 0 saturated heterocycles. The van der Waals surface area contributed by atoms with Gasteiger partial charge < -0.3 is 0 Å². The number of hydrogen-bond donors (Lipinski definition) is 0. The van der Waals surface area contributed by atoms with Gasteiger partial charge >= 0.3 is 6.18 Å². The fourth-order valence-electron chi connectivity index (χ4n) is 0.900. The minimum atomic E-state index is -4.49. The summed E-state index contributed by atoms with van der Waals surface area (Å²) in [6, 6.07) is 1.50. The largest absolute Gasteiger partial charge is 0.416 e. The number of aromatic nitrogens is 1. The molecule has 80 valence electrons. The number of pyridine rings is 1. The molecule has 0 bridgehead atoms. The average molecular weight is 237 g/mol. The van der Waals surface area contributed by atoms with Gasteiger partial charge in [0.1, 0.15) is 5.15 Å². The number of rotatable bonds is 2. The first-order chi connectivity index (χ1) is 6.93. The van der Waals surface area contributed by atoms with E-state index >= 15 is 0 Å². The number of azide groups is 1. The highest BCUT2D eigenvalue weighted by Gasteiger charge is 2.31. The van der Waals surface area contributed by atoms with Crippen molar-refractivity contribution in [1.29, 1.82) is 0 Å². The molecular weight excluding hydrogens is 233 g/mol. The summed E-state index contributed by atoms with van der Waals surface area (Å²) in [7, 11) is 0. The summed E-state index contributed by atoms with van der Waals surface area (Å²) in [6.07, 6.45) is -4.49. The fraction of sp³-hybridized carbons (Fsp3) is 0.286. The molecule has 0 aliphatic carbocycles. The van der Waals surface area contributed by atoms with Crippen LogP contribution in [0.25, 0.3) is 10.4 Å². The molecule has 1 rings (SSSR count). The molecule has 1 heterocycles. The summed E-state index contributed by atoms with van der Waals surface area (Å²) < 4.78 is 36.8. The van der Waals surface area contributed by atoms with Gasteiger partial charge in [-0.25, -0.2) is 4.98 Å². The lowest BCUT2D eigenvalue weighted by atomic mass is 10.2. The van der Waals surface area contributed by atoms with Gasteiger partial charge in [-0.2, -0.15) is 13.2 Å². The lowest BCUT2D eigenvalue weighted by Crippen LogP contribution is -2.06. The summed E-state index contributed by atoms with van der Waals surface area (Å²) in [5, 5.41) is 2.81. The summed E-state index contributed by atoms with van der Waals surface area (Å²) in [4.78, 5) is 6.00. The zero-order chi connectivity index (χ0) is 11.5. The van der Waals surface area contributed by atoms with Gasteiger partial charge in [0.2, 0.25) is 0 Å². The fourth-order valence-corrected chi connectivity index (χ4v) is 1.13. The maximum Gasteiger partial charge on any atom is 0.416 e. The molecule has 0 aromatic carbocycles. The van der Waals surface area contributed by atoms with Crippen LogP contribution in [0, 0.1) is 0 Å². The van der Waals surface area contributed by atoms with E-state index in [2.05, 4.69) is 15.0 Å². The molecular formula is C7H4ClF3N4. The topological polar surface area (TPSA) is 61.7 Å². The van der Waals surface area contributed by atoms with Crippen molar-refractivity contribution in [3.05, 3.63) is 39.0 Å². The molecule has 1 aromatic rings. The molecule has 1 aromatic heterocycles. The molecule has 0 aliphatic heterocycles. The summed E-state index contributed by atoms with van der Waals surface area (Å²) in [5.74, 6) is 0. The quantitative estimate of drug-likeness (QED) is 0.335. The maximum absolute atomic E-state index is 12.3. The van der Waals surface area contributed by atoms with Crippen LogP contribution in [0.1, 0.15) is 11.3 Å². The van der Waals surface area contributed by atoms with Crippen molar-refractivity contribution in [3.8, 4) is 0 Å². The van der Waals surface area contributed by atoms with Crippen LogP contribution in [-0.2, 0) is 12.7 Å². The Kier molecular flexibility index (Phi) is 3.39. The third-order valence-electron chi connectivity index (χ3n) is 1.47. The smallest absolute Gasteiger partial charge is 0.241 e. The van der Waals surface area contributed by atoms with Crippen LogP contribution in [0.5, 0.6) is 0 Å². The SMILES string of the molecule is [N-]=[N+]=NCc1cc(C(F)(F)F)cc(Cl)n1. The molecule has 15 heavy (non-hydrogen) atoms. The third kappa shape index (κ3) is 3.30. The van der Waals surface area contributed by atoms with Crippen LogP contribution < -0.4 is 0 Å². The first-order valence-electron chi connectivity index (χ1n) is 3.68. The van der Waals surface area contributed by atoms with Crippen molar-refractivity contribution in [2.75, 3.05) is 0 Å². The van der Waals surface area contributed by atoms with Crippen LogP contribution >= 0.6 is 11.6 Å². The van der Waals surface area contributed by atoms with Gasteiger partial charge in [-0.15, -0.1) is 0 Å². The third-order valence-corrected chi connectivity index (χ3v) is 1.66. The standard InChI is InChI=1S/C7H4ClF3N4/c8-6-2-4(7(9,10)11)1-5(14-6)3-13-15-12/h1-2H,3H2. The number of alkyl halides is 3. The Hall–Kier alpha value is -1.46. The molecule has 0 spiro atoms. The summed E-state index contributed by atoms with van der Waals surface area (Å²) in [5.41, 5.74) is 7.07. The van der Waals surface area contributed by atoms with Gasteiger partial charge in [-0.05, 0) is 17.7 Å². The van der Waals surface area contributed by atoms with Crippen molar-refractivity contribution in [2.24, 2.45) is 5.11 Å². The van der Waals surface area contributed by atoms with Gasteiger partial charge in [0, 0.05) is 10.6 Å². The van der Waals surface area contributed by atoms with Crippen LogP contribution in [0.3, 0.4) is 0 Å². The zero-order valence-corrected chi connectivity index (χ0v) is 7.92. The minimum Gasteiger partial charge on any atom is -0.241 e. The maximum atomic E-state index is 12.3. The molecule has 8 heteroatoms. The Morgan fingerprint density at radius 3 is 2.67 bits per heavy atom. The van der Waals surface area contributed by atoms with Gasteiger partial charge in [0.15, 0.2) is 0 Å². The lowest BCUT2D eigenvalue weighted by Gasteiger charge is -2.07. The van der Waals surface area contributed by atoms with Crippen LogP contribution in [0.15, 0.2) is 17.2 Å². The highest BCUT2D eigenvalue weighted by Crippen LogP contribution is 2.30. The minimum absolute atomic E-state index is 0.0207. The second-order valence-electron chi connectivity index (χ2n) is 2.56. The Morgan fingerprint density at radius 2 is 2.13 bits per heavy atom. The van der Waals surface area contributed by atoms with Gasteiger partial charge in [-0.3, -0.25) is 0 Å². The Bertz CT molecular complexity index is 411. The molecule has 0 saturated carbocycles. The van der Waals surface area contributed by atoms with Gasteiger partial charge in [-0.1, -0.05) is 16.7 Å². The Balaban J connectivity index is 3.10. The first kappa shape index (κ1) is 11.6. The molecule has 0 amide bonds. The predicted octanol–water partition coefficient (Wildman–Crippen LogP) is 3.56. The molecule has 0 radical (unpaired) electrons. The van der Waals surface area contributed by atoms with E-state index in [4.69, 9.17) is 17.1 Å². The summed E-state index contributed by atoms with van der Waals surface area (Å²) >= 11 is 5.39. The van der Waals surface area contributed by atoms with Gasteiger partial charge in [0.05, 0.1) is 12.1 Å². The molecule has 4 nitrogen and oxygen atoms in total. The van der Waals surface area contributed by atoms with E-state index in [-0.39, 0.29) is 17.4 Å². The highest BCUT2D eigenvalue weighted by molar-refractivity contribution is 6.29. The van der Waals surface area contributed by atoms with E-state index in [1.807, 2.05) is 0 Å². The number of nitrogens with zero attached hydrogens (tertiary/aromatic N) is 4. The van der Waals surface area contributed by atoms with E-state index in [9.17, 15) is 13.2 Å². The van der Waals surface area contributed by atoms with Crippen molar-refractivity contribution in [2.45, 2.75) is 12.7 Å². The van der Waals surface area contributed by atoms with Crippen molar-refractivity contribution >= 4 is 11.6 Å². The van der Waals surface area contributed by atoms with Crippen molar-refractivity contribution < 1.29 is 13.2 Å². The average Bonchev–Trinajstić information content (AvgIpc) is 2.12. The predicted molar refractivity (Wildman–Crippen MR) is 47.1 cm³/mol. The Labute approximate surface area is 87.3 Å². The van der Waals surface area contributed by atoms with Crippen LogP contribution in [0.2, 0.25) is 5.15 Å². The van der Waals surface area contributed by atoms with Gasteiger partial charge in [0.25, 0.3) is 0 Å². The zero-order valence-electron chi connectivity index (χ0n) is 7.16. The van der Waals surface area contributed by atoms with E-state index < -0.39 is 11.7 Å². The first-order valence-corrected chi connectivity index (χ1v) is 4.06. The molecule has 0 atom stereocenters. The second-order valence-corrected chi connectivity index (χ2v) is 2.94. The molecule has 0 unspecified atom stereocenters. The summed E-state index contributed by atoms with van der Waals surface area (Å²) in [6.45, 7) is -0.264. The second kappa shape index (κ2) is 4.37. The highest BCUT2D eigenvalue weighted by atomic mass is 35.5. The number of hydrogen-bond acceptors (Lipinski definition) is 2. The van der Waals surface area contributed by atoms with E-state index in [1.165, 1.54) is 0 Å². The van der Waals surface area contributed by atoms with Crippen LogP contribution in [-0.4, -0.2) is 4.98 Å². The van der Waals surface area contributed by atoms with E-state index in [1.54, 1.807) is 0 Å². The molecule has 0 fully saturated rings. The number of halogens is 4. The van der Waals surface area contributed by atoms with Crippen LogP contribution in [0.4, 0.5) is 13.2 Å². The molecule has 0 aliphatic rings. The van der Waals surface area contributed by atoms with Crippen molar-refractivity contribution in [3.63, 3.8) is 0 Å². The lowest BCUT2D eigenvalue weighted by molar-refractivity contribution is -0.137.